The minimum absolute atomic E-state index is 0.0843. The number of aryl methyl sites for hydroxylation is 3. The van der Waals surface area contributed by atoms with Gasteiger partial charge in [0.15, 0.2) is 0 Å². The molecule has 3 heterocycles. The fourth-order valence-corrected chi connectivity index (χ4v) is 4.12. The average molecular weight is 423 g/mol. The number of imidazole rings is 1. The Kier molecular flexibility index (Phi) is 5.80. The lowest BCUT2D eigenvalue weighted by Gasteiger charge is -2.35. The number of amides is 1. The molecule has 0 N–H and O–H groups in total. The minimum atomic E-state index is -0.0843. The van der Waals surface area contributed by atoms with Gasteiger partial charge in [0.05, 0.1) is 11.0 Å². The van der Waals surface area contributed by atoms with Crippen LogP contribution in [0.4, 0.5) is 5.82 Å². The second kappa shape index (κ2) is 8.53. The van der Waals surface area contributed by atoms with Gasteiger partial charge < -0.3 is 9.80 Å². The number of para-hydroxylation sites is 2. The topological polar surface area (TPSA) is 76.3 Å². The second-order valence-corrected chi connectivity index (χ2v) is 8.48. The Morgan fingerprint density at radius 2 is 1.74 bits per heavy atom. The zero-order valence-corrected chi connectivity index (χ0v) is 18.7. The molecule has 0 radical (unpaired) electrons. The average Bonchev–Trinajstić information content (AvgIpc) is 3.01. The Balaban J connectivity index is 1.39. The van der Waals surface area contributed by atoms with Crippen LogP contribution in [0.5, 0.6) is 0 Å². The van der Waals surface area contributed by atoms with Crippen LogP contribution < -0.4 is 10.6 Å². The summed E-state index contributed by atoms with van der Waals surface area (Å²) in [6, 6.07) is 9.69. The lowest BCUT2D eigenvalue weighted by Crippen LogP contribution is -2.49. The van der Waals surface area contributed by atoms with E-state index >= 15 is 0 Å². The smallest absolute Gasteiger partial charge is 0.328 e. The summed E-state index contributed by atoms with van der Waals surface area (Å²) in [5.74, 6) is 2.15. The molecule has 8 heteroatoms. The molecule has 1 aromatic carbocycles. The van der Waals surface area contributed by atoms with Gasteiger partial charge in [0, 0.05) is 63.9 Å². The summed E-state index contributed by atoms with van der Waals surface area (Å²) in [4.78, 5) is 38.7. The molecule has 1 aliphatic heterocycles. The normalized spacial score (nSPS) is 14.6. The van der Waals surface area contributed by atoms with E-state index in [4.69, 9.17) is 4.98 Å². The van der Waals surface area contributed by atoms with E-state index < -0.39 is 0 Å². The largest absolute Gasteiger partial charge is 0.353 e. The van der Waals surface area contributed by atoms with Crippen molar-refractivity contribution >= 4 is 22.8 Å². The molecule has 8 nitrogen and oxygen atoms in total. The van der Waals surface area contributed by atoms with Gasteiger partial charge in [0.25, 0.3) is 0 Å². The van der Waals surface area contributed by atoms with Crippen LogP contribution in [0.25, 0.3) is 11.0 Å². The van der Waals surface area contributed by atoms with E-state index in [1.165, 1.54) is 0 Å². The van der Waals surface area contributed by atoms with Crippen molar-refractivity contribution in [2.24, 2.45) is 7.05 Å². The number of aromatic nitrogens is 4. The van der Waals surface area contributed by atoms with Gasteiger partial charge in [-0.25, -0.2) is 14.8 Å². The third kappa shape index (κ3) is 4.19. The van der Waals surface area contributed by atoms with Crippen LogP contribution in [0.3, 0.4) is 0 Å². The van der Waals surface area contributed by atoms with Gasteiger partial charge in [-0.2, -0.15) is 0 Å². The lowest BCUT2D eigenvalue weighted by atomic mass is 10.2. The molecular formula is C23H30N6O2. The number of fused-ring (bicyclic) bond motifs is 1. The SMILES string of the molecule is Cc1cc(N2CCN(C(=O)CCn3c(=O)n(C)c4ccccc43)CC2)nc(C(C)C)n1. The van der Waals surface area contributed by atoms with Crippen LogP contribution in [0, 0.1) is 6.92 Å². The van der Waals surface area contributed by atoms with Crippen molar-refractivity contribution in [3.05, 3.63) is 52.3 Å². The number of hydrogen-bond donors (Lipinski definition) is 0. The standard InChI is InChI=1S/C23H30N6O2/c1-16(2)22-24-17(3)15-20(25-22)27-11-13-28(14-12-27)21(30)9-10-29-19-8-6-5-7-18(19)26(4)23(29)31/h5-8,15-16H,9-14H2,1-4H3. The van der Waals surface area contributed by atoms with Crippen LogP contribution in [0.1, 0.15) is 37.7 Å². The summed E-state index contributed by atoms with van der Waals surface area (Å²) in [5.41, 5.74) is 2.63. The summed E-state index contributed by atoms with van der Waals surface area (Å²) in [6.07, 6.45) is 0.317. The number of anilines is 1. The van der Waals surface area contributed by atoms with Crippen molar-refractivity contribution in [2.75, 3.05) is 31.1 Å². The Hall–Kier alpha value is -3.16. The summed E-state index contributed by atoms with van der Waals surface area (Å²) in [7, 11) is 1.77. The zero-order chi connectivity index (χ0) is 22.1. The predicted octanol–water partition coefficient (Wildman–Crippen LogP) is 2.30. The van der Waals surface area contributed by atoms with E-state index in [0.29, 0.717) is 26.1 Å². The van der Waals surface area contributed by atoms with Gasteiger partial charge in [0.1, 0.15) is 11.6 Å². The van der Waals surface area contributed by atoms with Crippen LogP contribution in [0.2, 0.25) is 0 Å². The van der Waals surface area contributed by atoms with Crippen molar-refractivity contribution < 1.29 is 4.79 Å². The molecule has 1 amide bonds. The van der Waals surface area contributed by atoms with Crippen molar-refractivity contribution in [3.63, 3.8) is 0 Å². The number of hydrogen-bond acceptors (Lipinski definition) is 5. The first-order valence-corrected chi connectivity index (χ1v) is 10.9. The van der Waals surface area contributed by atoms with Crippen LogP contribution in [-0.4, -0.2) is 56.1 Å². The monoisotopic (exact) mass is 422 g/mol. The molecule has 0 atom stereocenters. The molecule has 31 heavy (non-hydrogen) atoms. The summed E-state index contributed by atoms with van der Waals surface area (Å²) >= 11 is 0. The highest BCUT2D eigenvalue weighted by molar-refractivity contribution is 5.78. The van der Waals surface area contributed by atoms with Crippen molar-refractivity contribution in [1.82, 2.24) is 24.0 Å². The molecule has 0 bridgehead atoms. The third-order valence-electron chi connectivity index (χ3n) is 5.93. The lowest BCUT2D eigenvalue weighted by molar-refractivity contribution is -0.131. The number of nitrogens with zero attached hydrogens (tertiary/aromatic N) is 6. The first-order chi connectivity index (χ1) is 14.8. The quantitative estimate of drug-likeness (QED) is 0.631. The summed E-state index contributed by atoms with van der Waals surface area (Å²) < 4.78 is 3.33. The van der Waals surface area contributed by atoms with E-state index in [2.05, 4.69) is 23.7 Å². The zero-order valence-electron chi connectivity index (χ0n) is 18.7. The molecule has 0 spiro atoms. The first-order valence-electron chi connectivity index (χ1n) is 10.9. The molecule has 2 aromatic heterocycles. The van der Waals surface area contributed by atoms with E-state index in [0.717, 1.165) is 41.5 Å². The van der Waals surface area contributed by atoms with Gasteiger partial charge in [0.2, 0.25) is 5.91 Å². The van der Waals surface area contributed by atoms with E-state index in [9.17, 15) is 9.59 Å². The maximum atomic E-state index is 12.8. The van der Waals surface area contributed by atoms with Gasteiger partial charge in [-0.1, -0.05) is 26.0 Å². The van der Waals surface area contributed by atoms with E-state index in [1.807, 2.05) is 42.2 Å². The van der Waals surface area contributed by atoms with Gasteiger partial charge in [-0.3, -0.25) is 13.9 Å². The summed E-state index contributed by atoms with van der Waals surface area (Å²) in [5, 5.41) is 0. The number of carbonyl (C=O) groups excluding carboxylic acids is 1. The molecule has 0 saturated carbocycles. The molecule has 3 aromatic rings. The molecule has 0 unspecified atom stereocenters. The molecule has 1 fully saturated rings. The highest BCUT2D eigenvalue weighted by Gasteiger charge is 2.23. The molecular weight excluding hydrogens is 392 g/mol. The highest BCUT2D eigenvalue weighted by atomic mass is 16.2. The fourth-order valence-electron chi connectivity index (χ4n) is 4.12. The fraction of sp³-hybridized carbons (Fsp3) is 0.478. The molecule has 1 saturated heterocycles. The Morgan fingerprint density at radius 1 is 1.06 bits per heavy atom. The van der Waals surface area contributed by atoms with Crippen molar-refractivity contribution in [1.29, 1.82) is 0 Å². The molecule has 1 aliphatic rings. The Morgan fingerprint density at radius 3 is 2.42 bits per heavy atom. The van der Waals surface area contributed by atoms with E-state index in [-0.39, 0.29) is 17.5 Å². The number of carbonyl (C=O) groups is 1. The third-order valence-corrected chi connectivity index (χ3v) is 5.93. The second-order valence-electron chi connectivity index (χ2n) is 8.48. The predicted molar refractivity (Wildman–Crippen MR) is 121 cm³/mol. The maximum absolute atomic E-state index is 12.8. The Labute approximate surface area is 182 Å². The van der Waals surface area contributed by atoms with Crippen LogP contribution in [0.15, 0.2) is 35.1 Å². The van der Waals surface area contributed by atoms with Crippen molar-refractivity contribution in [2.45, 2.75) is 39.7 Å². The highest BCUT2D eigenvalue weighted by Crippen LogP contribution is 2.19. The first kappa shape index (κ1) is 21.1. The number of piperazine rings is 1. The van der Waals surface area contributed by atoms with Crippen LogP contribution in [-0.2, 0) is 18.4 Å². The number of benzene rings is 1. The Bertz CT molecular complexity index is 1150. The number of rotatable bonds is 5. The maximum Gasteiger partial charge on any atom is 0.328 e. The minimum Gasteiger partial charge on any atom is -0.353 e. The summed E-state index contributed by atoms with van der Waals surface area (Å²) in [6.45, 7) is 9.37. The van der Waals surface area contributed by atoms with Gasteiger partial charge in [-0.15, -0.1) is 0 Å². The van der Waals surface area contributed by atoms with Crippen molar-refractivity contribution in [3.8, 4) is 0 Å². The van der Waals surface area contributed by atoms with E-state index in [1.54, 1.807) is 16.2 Å². The molecule has 0 aliphatic carbocycles. The van der Waals surface area contributed by atoms with Gasteiger partial charge in [-0.05, 0) is 19.1 Å². The van der Waals surface area contributed by atoms with Gasteiger partial charge >= 0.3 is 5.69 Å². The van der Waals surface area contributed by atoms with Crippen LogP contribution >= 0.6 is 0 Å². The molecule has 4 rings (SSSR count). The molecule has 164 valence electrons.